The minimum absolute atomic E-state index is 0.0550. The molecule has 3 nitrogen and oxygen atoms in total. The monoisotopic (exact) mass is 325 g/mol. The van der Waals surface area contributed by atoms with Gasteiger partial charge in [0.25, 0.3) is 0 Å². The van der Waals surface area contributed by atoms with Crippen molar-refractivity contribution in [3.8, 4) is 11.5 Å². The summed E-state index contributed by atoms with van der Waals surface area (Å²) in [7, 11) is 5.15. The molecule has 1 unspecified atom stereocenters. The zero-order valence-electron chi connectivity index (χ0n) is 12.1. The smallest absolute Gasteiger partial charge is 0.127 e. The molecule has 0 amide bonds. The van der Waals surface area contributed by atoms with Crippen LogP contribution in [0.15, 0.2) is 36.4 Å². The van der Waals surface area contributed by atoms with E-state index in [9.17, 15) is 0 Å². The number of hydrogen-bond acceptors (Lipinski definition) is 3. The average Bonchev–Trinajstić information content (AvgIpc) is 2.51. The molecule has 0 saturated carbocycles. The van der Waals surface area contributed by atoms with Gasteiger partial charge in [-0.25, -0.2) is 0 Å². The van der Waals surface area contributed by atoms with Gasteiger partial charge in [0.1, 0.15) is 11.5 Å². The zero-order valence-corrected chi connectivity index (χ0v) is 13.6. The van der Waals surface area contributed by atoms with Crippen LogP contribution in [0.25, 0.3) is 0 Å². The van der Waals surface area contributed by atoms with Crippen molar-refractivity contribution in [3.05, 3.63) is 57.6 Å². The predicted molar refractivity (Wildman–Crippen MR) is 86.9 cm³/mol. The fourth-order valence-corrected chi connectivity index (χ4v) is 2.56. The molecule has 1 atom stereocenters. The minimum Gasteiger partial charge on any atom is -0.497 e. The summed E-state index contributed by atoms with van der Waals surface area (Å²) >= 11 is 12.1. The van der Waals surface area contributed by atoms with E-state index in [1.165, 1.54) is 0 Å². The summed E-state index contributed by atoms with van der Waals surface area (Å²) in [5.74, 6) is 1.50. The lowest BCUT2D eigenvalue weighted by molar-refractivity contribution is 0.388. The van der Waals surface area contributed by atoms with Crippen LogP contribution < -0.4 is 14.8 Å². The molecular formula is C16H17Cl2NO2. The molecule has 2 rings (SSSR count). The maximum atomic E-state index is 6.11. The highest BCUT2D eigenvalue weighted by atomic mass is 35.5. The van der Waals surface area contributed by atoms with E-state index >= 15 is 0 Å². The van der Waals surface area contributed by atoms with Crippen molar-refractivity contribution in [2.24, 2.45) is 0 Å². The summed E-state index contributed by atoms with van der Waals surface area (Å²) in [6.07, 6.45) is 0. The highest BCUT2D eigenvalue weighted by molar-refractivity contribution is 6.42. The van der Waals surface area contributed by atoms with E-state index in [1.54, 1.807) is 20.3 Å². The molecule has 5 heteroatoms. The van der Waals surface area contributed by atoms with Crippen LogP contribution in [0.1, 0.15) is 17.2 Å². The SMILES string of the molecule is CNC(c1ccc(Cl)c(Cl)c1)c1ccc(OC)cc1OC. The molecule has 0 aliphatic rings. The molecule has 0 saturated heterocycles. The predicted octanol–water partition coefficient (Wildman–Crippen LogP) is 4.32. The second-order valence-electron chi connectivity index (χ2n) is 4.50. The molecule has 0 fully saturated rings. The van der Waals surface area contributed by atoms with Crippen LogP contribution in [0, 0.1) is 0 Å². The van der Waals surface area contributed by atoms with Gasteiger partial charge in [0, 0.05) is 11.6 Å². The lowest BCUT2D eigenvalue weighted by atomic mass is 9.98. The van der Waals surface area contributed by atoms with Crippen LogP contribution in [0.5, 0.6) is 11.5 Å². The van der Waals surface area contributed by atoms with Gasteiger partial charge in [-0.1, -0.05) is 29.3 Å². The van der Waals surface area contributed by atoms with E-state index in [1.807, 2.05) is 37.4 Å². The number of benzene rings is 2. The van der Waals surface area contributed by atoms with E-state index in [2.05, 4.69) is 5.32 Å². The largest absolute Gasteiger partial charge is 0.497 e. The summed E-state index contributed by atoms with van der Waals surface area (Å²) < 4.78 is 10.7. The fraction of sp³-hybridized carbons (Fsp3) is 0.250. The summed E-state index contributed by atoms with van der Waals surface area (Å²) in [4.78, 5) is 0. The first kappa shape index (κ1) is 16.0. The molecule has 21 heavy (non-hydrogen) atoms. The Morgan fingerprint density at radius 1 is 0.952 bits per heavy atom. The maximum Gasteiger partial charge on any atom is 0.127 e. The second kappa shape index (κ2) is 7.03. The third kappa shape index (κ3) is 3.43. The molecule has 2 aromatic rings. The van der Waals surface area contributed by atoms with Crippen molar-refractivity contribution < 1.29 is 9.47 Å². The van der Waals surface area contributed by atoms with Gasteiger partial charge in [0.05, 0.1) is 30.3 Å². The van der Waals surface area contributed by atoms with E-state index in [4.69, 9.17) is 32.7 Å². The molecule has 1 N–H and O–H groups in total. The molecule has 0 bridgehead atoms. The third-order valence-corrected chi connectivity index (χ3v) is 4.06. The van der Waals surface area contributed by atoms with E-state index in [0.717, 1.165) is 22.6 Å². The van der Waals surface area contributed by atoms with Gasteiger partial charge >= 0.3 is 0 Å². The molecular weight excluding hydrogens is 309 g/mol. The number of nitrogens with one attached hydrogen (secondary N) is 1. The van der Waals surface area contributed by atoms with Gasteiger partial charge < -0.3 is 14.8 Å². The molecule has 112 valence electrons. The molecule has 0 spiro atoms. The summed E-state index contributed by atoms with van der Waals surface area (Å²) in [5, 5.41) is 4.34. The number of rotatable bonds is 5. The molecule has 2 aromatic carbocycles. The Morgan fingerprint density at radius 3 is 2.29 bits per heavy atom. The number of methoxy groups -OCH3 is 2. The van der Waals surface area contributed by atoms with E-state index < -0.39 is 0 Å². The summed E-state index contributed by atoms with van der Waals surface area (Å²) in [5.41, 5.74) is 2.01. The lowest BCUT2D eigenvalue weighted by Gasteiger charge is -2.21. The van der Waals surface area contributed by atoms with Crippen molar-refractivity contribution in [1.82, 2.24) is 5.32 Å². The zero-order chi connectivity index (χ0) is 15.4. The third-order valence-electron chi connectivity index (χ3n) is 3.32. The number of hydrogen-bond donors (Lipinski definition) is 1. The van der Waals surface area contributed by atoms with Crippen molar-refractivity contribution in [2.45, 2.75) is 6.04 Å². The first-order valence-corrected chi connectivity index (χ1v) is 7.20. The highest BCUT2D eigenvalue weighted by Gasteiger charge is 2.18. The van der Waals surface area contributed by atoms with Crippen molar-refractivity contribution in [1.29, 1.82) is 0 Å². The Hall–Kier alpha value is -1.42. The Bertz CT molecular complexity index is 632. The molecule has 0 aliphatic heterocycles. The molecule has 0 aliphatic carbocycles. The van der Waals surface area contributed by atoms with Crippen LogP contribution >= 0.6 is 23.2 Å². The van der Waals surface area contributed by atoms with Crippen LogP contribution in [0.3, 0.4) is 0 Å². The van der Waals surface area contributed by atoms with E-state index in [0.29, 0.717) is 10.0 Å². The van der Waals surface area contributed by atoms with Gasteiger partial charge in [0.15, 0.2) is 0 Å². The Morgan fingerprint density at radius 2 is 1.71 bits per heavy atom. The highest BCUT2D eigenvalue weighted by Crippen LogP contribution is 2.34. The fourth-order valence-electron chi connectivity index (χ4n) is 2.25. The molecule has 0 radical (unpaired) electrons. The Kier molecular flexibility index (Phi) is 5.34. The van der Waals surface area contributed by atoms with E-state index in [-0.39, 0.29) is 6.04 Å². The van der Waals surface area contributed by atoms with Crippen molar-refractivity contribution >= 4 is 23.2 Å². The lowest BCUT2D eigenvalue weighted by Crippen LogP contribution is -2.18. The minimum atomic E-state index is -0.0550. The normalized spacial score (nSPS) is 12.0. The summed E-state index contributed by atoms with van der Waals surface area (Å²) in [6.45, 7) is 0. The average molecular weight is 326 g/mol. The van der Waals surface area contributed by atoms with Crippen molar-refractivity contribution in [2.75, 3.05) is 21.3 Å². The number of ether oxygens (including phenoxy) is 2. The van der Waals surface area contributed by atoms with Crippen LogP contribution in [0.2, 0.25) is 10.0 Å². The quantitative estimate of drug-likeness (QED) is 0.888. The van der Waals surface area contributed by atoms with Crippen LogP contribution in [-0.4, -0.2) is 21.3 Å². The Balaban J connectivity index is 2.47. The standard InChI is InChI=1S/C16H17Cl2NO2/c1-19-16(10-4-7-13(17)14(18)8-10)12-6-5-11(20-2)9-15(12)21-3/h4-9,16,19H,1-3H3. The number of halogens is 2. The van der Waals surface area contributed by atoms with Gasteiger partial charge in [-0.2, -0.15) is 0 Å². The Labute approximate surface area is 134 Å². The van der Waals surface area contributed by atoms with Gasteiger partial charge in [0.2, 0.25) is 0 Å². The van der Waals surface area contributed by atoms with Gasteiger partial charge in [-0.05, 0) is 36.9 Å². The second-order valence-corrected chi connectivity index (χ2v) is 5.32. The maximum absolute atomic E-state index is 6.11. The van der Waals surface area contributed by atoms with Crippen molar-refractivity contribution in [3.63, 3.8) is 0 Å². The first-order chi connectivity index (χ1) is 10.1. The van der Waals surface area contributed by atoms with Crippen LogP contribution in [0.4, 0.5) is 0 Å². The van der Waals surface area contributed by atoms with Gasteiger partial charge in [-0.15, -0.1) is 0 Å². The molecule has 0 heterocycles. The summed E-state index contributed by atoms with van der Waals surface area (Å²) in [6, 6.07) is 11.3. The van der Waals surface area contributed by atoms with Gasteiger partial charge in [-0.3, -0.25) is 0 Å². The topological polar surface area (TPSA) is 30.5 Å². The van der Waals surface area contributed by atoms with Crippen LogP contribution in [-0.2, 0) is 0 Å². The molecule has 0 aromatic heterocycles. The first-order valence-electron chi connectivity index (χ1n) is 6.44.